The summed E-state index contributed by atoms with van der Waals surface area (Å²) in [6.07, 6.45) is 4.45. The Hall–Kier alpha value is -3.84. The third kappa shape index (κ3) is 7.32. The van der Waals surface area contributed by atoms with Gasteiger partial charge in [0.05, 0.1) is 0 Å². The van der Waals surface area contributed by atoms with Crippen LogP contribution in [0.2, 0.25) is 0 Å². The molecule has 0 unspecified atom stereocenters. The van der Waals surface area contributed by atoms with Crippen molar-refractivity contribution in [2.45, 2.75) is 13.8 Å². The summed E-state index contributed by atoms with van der Waals surface area (Å²) in [4.78, 5) is 0. The summed E-state index contributed by atoms with van der Waals surface area (Å²) in [6.45, 7) is 4.29. The van der Waals surface area contributed by atoms with E-state index in [2.05, 4.69) is 158 Å². The van der Waals surface area contributed by atoms with Gasteiger partial charge in [0.2, 0.25) is 0 Å². The molecule has 0 heterocycles. The van der Waals surface area contributed by atoms with E-state index in [1.807, 2.05) is 0 Å². The molecule has 194 valence electrons. The fraction of sp³-hybridized carbons (Fsp3) is 0.0571. The van der Waals surface area contributed by atoms with Crippen LogP contribution in [-0.2, 0) is 0 Å². The molecule has 7 heteroatoms. The number of fused-ring (bicyclic) bond motifs is 2. The first-order chi connectivity index (χ1) is 20.4. The van der Waals surface area contributed by atoms with Crippen LogP contribution in [0.1, 0.15) is 19.4 Å². The standard InChI is InChI=1S/C35H33B7/c1-3-24(33(36)41-31-19-9-13-25-11-4-6-17-29(25)31)21-23(2)39-35(38)40-28-16-8-15-27(22-28)34(37)42-32-20-10-14-26-12-5-7-18-30(26)32/h3-22,36-42H,1-2H3/b23-21+,24-3+. The average Bonchev–Trinajstić information content (AvgIpc) is 3.00. The molecule has 0 saturated heterocycles. The van der Waals surface area contributed by atoms with Gasteiger partial charge >= 0.3 is 257 Å². The maximum absolute atomic E-state index is 4.46. The second-order valence-corrected chi connectivity index (χ2v) is 11.4. The van der Waals surface area contributed by atoms with E-state index in [0.717, 1.165) is 39.8 Å². The number of benzene rings is 5. The zero-order chi connectivity index (χ0) is 29.5. The fourth-order valence-corrected chi connectivity index (χ4v) is 5.91. The summed E-state index contributed by atoms with van der Waals surface area (Å²) in [5.41, 5.74) is 7.59. The second kappa shape index (κ2) is 13.9. The minimum atomic E-state index is 0.835. The van der Waals surface area contributed by atoms with Crippen molar-refractivity contribution in [1.29, 1.82) is 0 Å². The molecule has 0 aliphatic rings. The van der Waals surface area contributed by atoms with Gasteiger partial charge in [-0.05, 0) is 0 Å². The van der Waals surface area contributed by atoms with Crippen LogP contribution in [-0.4, -0.2) is 67.6 Å². The van der Waals surface area contributed by atoms with Gasteiger partial charge in [-0.2, -0.15) is 0 Å². The zero-order valence-electron chi connectivity index (χ0n) is 25.0. The van der Waals surface area contributed by atoms with Gasteiger partial charge in [-0.25, -0.2) is 0 Å². The topological polar surface area (TPSA) is 0 Å². The average molecular weight is 529 g/mol. The minimum absolute atomic E-state index is 0.835. The van der Waals surface area contributed by atoms with Gasteiger partial charge in [0.1, 0.15) is 0 Å². The summed E-state index contributed by atoms with van der Waals surface area (Å²) in [7, 11) is 16.7. The molecule has 5 aromatic rings. The maximum atomic E-state index is 4.46. The third-order valence-electron chi connectivity index (χ3n) is 8.01. The Morgan fingerprint density at radius 3 is 1.86 bits per heavy atom. The molecule has 0 amide bonds. The first-order valence-electron chi connectivity index (χ1n) is 14.8. The Bertz CT molecular complexity index is 1860. The molecule has 0 nitrogen and oxygen atoms in total. The Labute approximate surface area is 256 Å². The molecule has 0 atom stereocenters. The van der Waals surface area contributed by atoms with Crippen molar-refractivity contribution in [2.75, 3.05) is 0 Å². The summed E-state index contributed by atoms with van der Waals surface area (Å²) in [6, 6.07) is 39.0. The molecular weight excluding hydrogens is 496 g/mol. The Morgan fingerprint density at radius 1 is 0.643 bits per heavy atom. The Kier molecular flexibility index (Phi) is 9.80. The molecule has 0 saturated carbocycles. The number of hydrogen-bond donors (Lipinski definition) is 0. The van der Waals surface area contributed by atoms with E-state index in [4.69, 9.17) is 0 Å². The van der Waals surface area contributed by atoms with E-state index in [1.165, 1.54) is 59.8 Å². The zero-order valence-corrected chi connectivity index (χ0v) is 25.0. The van der Waals surface area contributed by atoms with Gasteiger partial charge in [-0.3, -0.25) is 0 Å². The van der Waals surface area contributed by atoms with Crippen LogP contribution in [0.5, 0.6) is 0 Å². The van der Waals surface area contributed by atoms with E-state index in [9.17, 15) is 0 Å². The van der Waals surface area contributed by atoms with Crippen molar-refractivity contribution in [3.63, 3.8) is 0 Å². The predicted octanol–water partition coefficient (Wildman–Crippen LogP) is 1.26. The first-order valence-corrected chi connectivity index (χ1v) is 14.8. The van der Waals surface area contributed by atoms with Gasteiger partial charge in [-0.15, -0.1) is 0 Å². The monoisotopic (exact) mass is 530 g/mol. The molecule has 0 aliphatic heterocycles. The third-order valence-corrected chi connectivity index (χ3v) is 8.01. The van der Waals surface area contributed by atoms with E-state index in [-0.39, 0.29) is 0 Å². The van der Waals surface area contributed by atoms with Gasteiger partial charge in [0.25, 0.3) is 0 Å². The first kappa shape index (κ1) is 29.6. The Morgan fingerprint density at radius 2 is 1.21 bits per heavy atom. The molecule has 42 heavy (non-hydrogen) atoms. The molecule has 0 aromatic heterocycles. The summed E-state index contributed by atoms with van der Waals surface area (Å²) < 4.78 is 0. The number of hydrogen-bond acceptors (Lipinski definition) is 0. The molecular formula is C35H33B7. The quantitative estimate of drug-likeness (QED) is 0.179. The van der Waals surface area contributed by atoms with E-state index < -0.39 is 0 Å². The predicted molar refractivity (Wildman–Crippen MR) is 205 cm³/mol. The van der Waals surface area contributed by atoms with Gasteiger partial charge < -0.3 is 0 Å². The van der Waals surface area contributed by atoms with E-state index in [1.54, 1.807) is 0 Å². The second-order valence-electron chi connectivity index (χ2n) is 11.4. The summed E-state index contributed by atoms with van der Waals surface area (Å²) in [5.74, 6) is 0. The Balaban J connectivity index is 1.21. The van der Waals surface area contributed by atoms with Crippen LogP contribution >= 0.6 is 0 Å². The number of rotatable bonds is 11. The van der Waals surface area contributed by atoms with Crippen LogP contribution in [0.4, 0.5) is 0 Å². The fourth-order valence-electron chi connectivity index (χ4n) is 5.91. The van der Waals surface area contributed by atoms with Crippen LogP contribution in [0, 0.1) is 0 Å². The van der Waals surface area contributed by atoms with Crippen molar-refractivity contribution < 1.29 is 0 Å². The normalized spacial score (nSPS) is 11.6. The van der Waals surface area contributed by atoms with Crippen LogP contribution < -0.4 is 16.4 Å². The molecule has 0 radical (unpaired) electrons. The number of allylic oxidation sites excluding steroid dienone is 4. The SMILES string of the molecule is B=C(B/C(C)=C/C(=C\C)C(=B)Bc1cccc2ccccc12)Bc1cccc(C(=B)Bc2cccc3ccccc23)c1. The van der Waals surface area contributed by atoms with Crippen LogP contribution in [0.3, 0.4) is 0 Å². The molecule has 5 rings (SSSR count). The van der Waals surface area contributed by atoms with Crippen LogP contribution in [0.15, 0.2) is 132 Å². The van der Waals surface area contributed by atoms with Crippen molar-refractivity contribution in [1.82, 2.24) is 0 Å². The van der Waals surface area contributed by atoms with E-state index >= 15 is 0 Å². The molecule has 0 aliphatic carbocycles. The molecule has 0 bridgehead atoms. The van der Waals surface area contributed by atoms with E-state index in [0.29, 0.717) is 0 Å². The van der Waals surface area contributed by atoms with Gasteiger partial charge in [0, 0.05) is 0 Å². The van der Waals surface area contributed by atoms with Crippen molar-refractivity contribution in [3.8, 4) is 0 Å². The molecule has 5 aromatic carbocycles. The molecule has 0 spiro atoms. The van der Waals surface area contributed by atoms with Gasteiger partial charge in [0.15, 0.2) is 0 Å². The molecule has 0 fully saturated rings. The van der Waals surface area contributed by atoms with Crippen molar-refractivity contribution in [2.24, 2.45) is 0 Å². The van der Waals surface area contributed by atoms with Gasteiger partial charge in [-0.1, -0.05) is 0 Å². The summed E-state index contributed by atoms with van der Waals surface area (Å²) >= 11 is 0. The van der Waals surface area contributed by atoms with Crippen molar-refractivity contribution >= 4 is 106 Å². The van der Waals surface area contributed by atoms with Crippen LogP contribution in [0.25, 0.3) is 21.5 Å². The summed E-state index contributed by atoms with van der Waals surface area (Å²) in [5, 5.41) is 8.62. The molecule has 0 N–H and O–H groups in total. The van der Waals surface area contributed by atoms with Crippen molar-refractivity contribution in [3.05, 3.63) is 138 Å².